The molecule has 2 rings (SSSR count). The second-order valence-electron chi connectivity index (χ2n) is 4.06. The van der Waals surface area contributed by atoms with Crippen LogP contribution in [-0.4, -0.2) is 25.9 Å². The van der Waals surface area contributed by atoms with E-state index in [4.69, 9.17) is 0 Å². The van der Waals surface area contributed by atoms with Crippen LogP contribution in [0.4, 0.5) is 0 Å². The van der Waals surface area contributed by atoms with Crippen LogP contribution >= 0.6 is 11.5 Å². The second-order valence-corrected chi connectivity index (χ2v) is 4.84. The van der Waals surface area contributed by atoms with Crippen molar-refractivity contribution in [2.45, 2.75) is 26.3 Å². The van der Waals surface area contributed by atoms with Crippen molar-refractivity contribution in [3.8, 4) is 0 Å². The van der Waals surface area contributed by atoms with E-state index in [1.807, 2.05) is 31.0 Å². The summed E-state index contributed by atoms with van der Waals surface area (Å²) in [5.41, 5.74) is 2.16. The Balaban J connectivity index is 2.28. The topological polar surface area (TPSA) is 55.6 Å². The Morgan fingerprint density at radius 3 is 2.88 bits per heavy atom. The molecule has 92 valence electrons. The highest BCUT2D eigenvalue weighted by molar-refractivity contribution is 7.05. The van der Waals surface area contributed by atoms with E-state index in [0.29, 0.717) is 0 Å². The average molecular weight is 251 g/mol. The smallest absolute Gasteiger partial charge is 0.0776 e. The maximum atomic E-state index is 4.23. The highest BCUT2D eigenvalue weighted by atomic mass is 32.1. The summed E-state index contributed by atoms with van der Waals surface area (Å²) in [5, 5.41) is 11.8. The van der Waals surface area contributed by atoms with Gasteiger partial charge in [-0.1, -0.05) is 11.4 Å². The summed E-state index contributed by atoms with van der Waals surface area (Å²) in [6.45, 7) is 5.12. The molecule has 2 aromatic heterocycles. The van der Waals surface area contributed by atoms with Gasteiger partial charge in [0.05, 0.1) is 22.8 Å². The Morgan fingerprint density at radius 1 is 1.53 bits per heavy atom. The molecule has 0 aliphatic carbocycles. The van der Waals surface area contributed by atoms with Gasteiger partial charge in [-0.3, -0.25) is 4.68 Å². The standard InChI is InChI=1S/C11H17N5S/c1-4-5-12-10(9-6-13-16(3)7-9)11-8(2)14-15-17-11/h6-7,10,12H,4-5H2,1-3H3. The fourth-order valence-electron chi connectivity index (χ4n) is 1.74. The van der Waals surface area contributed by atoms with Gasteiger partial charge in [0.2, 0.25) is 0 Å². The first-order chi connectivity index (χ1) is 8.22. The first-order valence-electron chi connectivity index (χ1n) is 5.73. The van der Waals surface area contributed by atoms with Crippen molar-refractivity contribution in [2.24, 2.45) is 7.05 Å². The van der Waals surface area contributed by atoms with Crippen LogP contribution in [0.1, 0.15) is 35.5 Å². The quantitative estimate of drug-likeness (QED) is 0.878. The lowest BCUT2D eigenvalue weighted by Crippen LogP contribution is -2.22. The van der Waals surface area contributed by atoms with Crippen molar-refractivity contribution < 1.29 is 0 Å². The van der Waals surface area contributed by atoms with Crippen molar-refractivity contribution >= 4 is 11.5 Å². The Hall–Kier alpha value is -1.27. The van der Waals surface area contributed by atoms with Gasteiger partial charge in [0.25, 0.3) is 0 Å². The summed E-state index contributed by atoms with van der Waals surface area (Å²) in [4.78, 5) is 1.17. The third-order valence-corrected chi connectivity index (χ3v) is 3.50. The molecule has 2 aromatic rings. The van der Waals surface area contributed by atoms with Gasteiger partial charge in [0.15, 0.2) is 0 Å². The van der Waals surface area contributed by atoms with E-state index in [-0.39, 0.29) is 6.04 Å². The number of hydrogen-bond acceptors (Lipinski definition) is 5. The van der Waals surface area contributed by atoms with Gasteiger partial charge < -0.3 is 5.32 Å². The molecule has 0 bridgehead atoms. The lowest BCUT2D eigenvalue weighted by Gasteiger charge is -2.15. The minimum atomic E-state index is 0.156. The SMILES string of the molecule is CCCNC(c1cnn(C)c1)c1snnc1C. The molecule has 1 N–H and O–H groups in total. The minimum Gasteiger partial charge on any atom is -0.305 e. The van der Waals surface area contributed by atoms with Crippen LogP contribution in [0, 0.1) is 6.92 Å². The molecule has 1 atom stereocenters. The Morgan fingerprint density at radius 2 is 2.35 bits per heavy atom. The van der Waals surface area contributed by atoms with E-state index in [0.717, 1.165) is 24.2 Å². The van der Waals surface area contributed by atoms with E-state index < -0.39 is 0 Å². The highest BCUT2D eigenvalue weighted by Gasteiger charge is 2.19. The Labute approximate surface area is 105 Å². The summed E-state index contributed by atoms with van der Waals surface area (Å²) in [7, 11) is 1.93. The largest absolute Gasteiger partial charge is 0.305 e. The zero-order valence-electron chi connectivity index (χ0n) is 10.3. The zero-order valence-corrected chi connectivity index (χ0v) is 11.2. The van der Waals surface area contributed by atoms with Gasteiger partial charge in [0.1, 0.15) is 0 Å². The highest BCUT2D eigenvalue weighted by Crippen LogP contribution is 2.26. The van der Waals surface area contributed by atoms with Crippen molar-refractivity contribution in [3.05, 3.63) is 28.5 Å². The summed E-state index contributed by atoms with van der Waals surface area (Å²) in [5.74, 6) is 0. The van der Waals surface area contributed by atoms with Gasteiger partial charge in [0, 0.05) is 18.8 Å². The van der Waals surface area contributed by atoms with Gasteiger partial charge >= 0.3 is 0 Å². The van der Waals surface area contributed by atoms with Crippen LogP contribution in [0.3, 0.4) is 0 Å². The molecule has 0 saturated heterocycles. The van der Waals surface area contributed by atoms with Gasteiger partial charge in [-0.2, -0.15) is 5.10 Å². The fraction of sp³-hybridized carbons (Fsp3) is 0.545. The third kappa shape index (κ3) is 2.70. The van der Waals surface area contributed by atoms with Crippen LogP contribution < -0.4 is 5.32 Å². The maximum absolute atomic E-state index is 4.23. The van der Waals surface area contributed by atoms with Crippen molar-refractivity contribution in [1.82, 2.24) is 24.7 Å². The van der Waals surface area contributed by atoms with Crippen LogP contribution in [0.25, 0.3) is 0 Å². The molecule has 0 amide bonds. The number of nitrogens with one attached hydrogen (secondary N) is 1. The molecule has 2 heterocycles. The van der Waals surface area contributed by atoms with E-state index in [9.17, 15) is 0 Å². The molecule has 0 fully saturated rings. The minimum absolute atomic E-state index is 0.156. The van der Waals surface area contributed by atoms with E-state index in [2.05, 4.69) is 26.9 Å². The molecule has 0 aliphatic rings. The Kier molecular flexibility index (Phi) is 3.86. The normalized spacial score (nSPS) is 12.9. The maximum Gasteiger partial charge on any atom is 0.0776 e. The number of rotatable bonds is 5. The van der Waals surface area contributed by atoms with Crippen LogP contribution in [-0.2, 0) is 7.05 Å². The fourth-order valence-corrected chi connectivity index (χ4v) is 2.49. The van der Waals surface area contributed by atoms with Crippen LogP contribution in [0.5, 0.6) is 0 Å². The predicted octanol–water partition coefficient (Wildman–Crippen LogP) is 1.67. The van der Waals surface area contributed by atoms with Crippen LogP contribution in [0.15, 0.2) is 12.4 Å². The number of aromatic nitrogens is 4. The first-order valence-corrected chi connectivity index (χ1v) is 6.50. The summed E-state index contributed by atoms with van der Waals surface area (Å²) in [6, 6.07) is 0.156. The Bertz CT molecular complexity index is 476. The molecule has 1 unspecified atom stereocenters. The van der Waals surface area contributed by atoms with Crippen molar-refractivity contribution in [2.75, 3.05) is 6.54 Å². The van der Waals surface area contributed by atoms with E-state index in [1.165, 1.54) is 16.4 Å². The van der Waals surface area contributed by atoms with Crippen molar-refractivity contribution in [3.63, 3.8) is 0 Å². The number of hydrogen-bond donors (Lipinski definition) is 1. The third-order valence-electron chi connectivity index (χ3n) is 2.61. The average Bonchev–Trinajstić information content (AvgIpc) is 2.90. The molecule has 0 spiro atoms. The summed E-state index contributed by atoms with van der Waals surface area (Å²) >= 11 is 1.45. The van der Waals surface area contributed by atoms with Crippen molar-refractivity contribution in [1.29, 1.82) is 0 Å². The van der Waals surface area contributed by atoms with E-state index in [1.54, 1.807) is 0 Å². The predicted molar refractivity (Wildman–Crippen MR) is 68.0 cm³/mol. The molecule has 0 radical (unpaired) electrons. The zero-order chi connectivity index (χ0) is 12.3. The summed E-state index contributed by atoms with van der Waals surface area (Å²) < 4.78 is 5.83. The molecule has 0 aromatic carbocycles. The monoisotopic (exact) mass is 251 g/mol. The number of nitrogens with zero attached hydrogens (tertiary/aromatic N) is 4. The molecule has 5 nitrogen and oxygen atoms in total. The number of aryl methyl sites for hydroxylation is 2. The molecular weight excluding hydrogens is 234 g/mol. The molecule has 6 heteroatoms. The molecule has 0 saturated carbocycles. The van der Waals surface area contributed by atoms with Gasteiger partial charge in [-0.25, -0.2) is 0 Å². The lowest BCUT2D eigenvalue weighted by molar-refractivity contribution is 0.602. The lowest BCUT2D eigenvalue weighted by atomic mass is 10.1. The van der Waals surface area contributed by atoms with Crippen LogP contribution in [0.2, 0.25) is 0 Å². The molecular formula is C11H17N5S. The summed E-state index contributed by atoms with van der Waals surface area (Å²) in [6.07, 6.45) is 5.03. The second kappa shape index (κ2) is 5.37. The first kappa shape index (κ1) is 12.2. The molecule has 17 heavy (non-hydrogen) atoms. The van der Waals surface area contributed by atoms with E-state index >= 15 is 0 Å². The van der Waals surface area contributed by atoms with Gasteiger partial charge in [-0.05, 0) is 31.4 Å². The molecule has 0 aliphatic heterocycles. The van der Waals surface area contributed by atoms with Gasteiger partial charge in [-0.15, -0.1) is 5.10 Å².